The lowest BCUT2D eigenvalue weighted by molar-refractivity contribution is -0.132. The third-order valence-corrected chi connectivity index (χ3v) is 5.57. The van der Waals surface area contributed by atoms with Crippen LogP contribution in [0.25, 0.3) is 5.76 Å². The molecule has 3 aromatic carbocycles. The topological polar surface area (TPSA) is 81.4 Å². The van der Waals surface area contributed by atoms with E-state index in [9.17, 15) is 19.1 Å². The molecule has 3 aromatic rings. The molecule has 0 aliphatic carbocycles. The van der Waals surface area contributed by atoms with Crippen molar-refractivity contribution in [3.05, 3.63) is 105 Å². The van der Waals surface area contributed by atoms with Gasteiger partial charge in [0.2, 0.25) is 0 Å². The van der Waals surface area contributed by atoms with Gasteiger partial charge in [0.1, 0.15) is 11.6 Å². The van der Waals surface area contributed by atoms with Crippen LogP contribution in [0.1, 0.15) is 22.7 Å². The Morgan fingerprint density at radius 2 is 1.65 bits per heavy atom. The minimum Gasteiger partial charge on any atom is -0.507 e. The Bertz CT molecular complexity index is 1260. The number of benzene rings is 3. The zero-order chi connectivity index (χ0) is 22.1. The van der Waals surface area contributed by atoms with Crippen LogP contribution in [0.15, 0.2) is 82.8 Å². The molecule has 1 fully saturated rings. The number of ketones is 1. The number of carbonyl (C=O) groups is 2. The molecule has 1 aliphatic heterocycles. The predicted octanol–water partition coefficient (Wildman–Crippen LogP) is 5.09. The molecule has 1 atom stereocenters. The molecule has 1 heterocycles. The van der Waals surface area contributed by atoms with Gasteiger partial charge in [-0.15, -0.1) is 0 Å². The molecular weight excluding hydrogens is 463 g/mol. The quantitative estimate of drug-likeness (QED) is 0.324. The molecular formula is C24H14BrFN2O3. The first-order chi connectivity index (χ1) is 14.9. The maximum absolute atomic E-state index is 14.8. The summed E-state index contributed by atoms with van der Waals surface area (Å²) >= 11 is 3.31. The Labute approximate surface area is 185 Å². The van der Waals surface area contributed by atoms with E-state index in [0.717, 1.165) is 9.37 Å². The van der Waals surface area contributed by atoms with Crippen LogP contribution in [0, 0.1) is 17.1 Å². The predicted molar refractivity (Wildman–Crippen MR) is 116 cm³/mol. The molecule has 152 valence electrons. The van der Waals surface area contributed by atoms with E-state index in [1.54, 1.807) is 30.3 Å². The first-order valence-corrected chi connectivity index (χ1v) is 10.0. The lowest BCUT2D eigenvalue weighted by Crippen LogP contribution is -2.29. The molecule has 4 rings (SSSR count). The second-order valence-corrected chi connectivity index (χ2v) is 7.77. The van der Waals surface area contributed by atoms with Crippen molar-refractivity contribution in [1.82, 2.24) is 0 Å². The fraction of sp³-hybridized carbons (Fsp3) is 0.0417. The number of aliphatic hydroxyl groups is 1. The number of rotatable bonds is 3. The van der Waals surface area contributed by atoms with Crippen LogP contribution in [-0.4, -0.2) is 16.8 Å². The van der Waals surface area contributed by atoms with Gasteiger partial charge >= 0.3 is 0 Å². The van der Waals surface area contributed by atoms with Crippen LogP contribution >= 0.6 is 15.9 Å². The molecule has 0 radical (unpaired) electrons. The highest BCUT2D eigenvalue weighted by Crippen LogP contribution is 2.42. The second-order valence-electron chi connectivity index (χ2n) is 6.86. The smallest absolute Gasteiger partial charge is 0.300 e. The maximum Gasteiger partial charge on any atom is 0.300 e. The maximum atomic E-state index is 14.8. The van der Waals surface area contributed by atoms with Gasteiger partial charge in [-0.1, -0.05) is 46.3 Å². The lowest BCUT2D eigenvalue weighted by Gasteiger charge is -2.25. The Morgan fingerprint density at radius 1 is 1.00 bits per heavy atom. The van der Waals surface area contributed by atoms with E-state index in [-0.39, 0.29) is 11.1 Å². The van der Waals surface area contributed by atoms with Crippen LogP contribution < -0.4 is 4.90 Å². The molecule has 7 heteroatoms. The van der Waals surface area contributed by atoms with E-state index in [1.165, 1.54) is 42.5 Å². The van der Waals surface area contributed by atoms with Gasteiger partial charge in [-0.2, -0.15) is 5.26 Å². The van der Waals surface area contributed by atoms with E-state index >= 15 is 0 Å². The van der Waals surface area contributed by atoms with Crippen LogP contribution in [-0.2, 0) is 9.59 Å². The number of anilines is 1. The minimum atomic E-state index is -1.17. The van der Waals surface area contributed by atoms with Gasteiger partial charge in [0.15, 0.2) is 0 Å². The summed E-state index contributed by atoms with van der Waals surface area (Å²) in [5, 5.41) is 20.0. The number of Topliss-reactive ketones (excluding diaryl/α,β-unsaturated/α-hetero) is 1. The molecule has 0 aromatic heterocycles. The van der Waals surface area contributed by atoms with E-state index < -0.39 is 29.3 Å². The van der Waals surface area contributed by atoms with Crippen LogP contribution in [0.5, 0.6) is 0 Å². The average Bonchev–Trinajstić information content (AvgIpc) is 3.04. The molecule has 31 heavy (non-hydrogen) atoms. The van der Waals surface area contributed by atoms with Gasteiger partial charge in [-0.3, -0.25) is 14.5 Å². The second kappa shape index (κ2) is 8.17. The van der Waals surface area contributed by atoms with E-state index in [1.807, 2.05) is 6.07 Å². The van der Waals surface area contributed by atoms with Crippen molar-refractivity contribution in [3.8, 4) is 6.07 Å². The molecule has 1 unspecified atom stereocenters. The standard InChI is InChI=1S/C24H14BrFN2O3/c25-16-9-7-15(8-10-16)22(29)20-21(18-3-1-2-4-19(18)26)28(24(31)23(20)30)17-11-5-14(13-27)6-12-17/h1-12,21,29H/b22-20-. The summed E-state index contributed by atoms with van der Waals surface area (Å²) in [6.07, 6.45) is 0. The van der Waals surface area contributed by atoms with Crippen molar-refractivity contribution in [2.45, 2.75) is 6.04 Å². The summed E-state index contributed by atoms with van der Waals surface area (Å²) in [6, 6.07) is 19.2. The van der Waals surface area contributed by atoms with E-state index in [4.69, 9.17) is 5.26 Å². The van der Waals surface area contributed by atoms with Gasteiger partial charge in [-0.25, -0.2) is 4.39 Å². The molecule has 1 N–H and O–H groups in total. The molecule has 1 aliphatic rings. The first-order valence-electron chi connectivity index (χ1n) is 9.24. The number of carbonyl (C=O) groups excluding carboxylic acids is 2. The monoisotopic (exact) mass is 476 g/mol. The zero-order valence-electron chi connectivity index (χ0n) is 15.9. The van der Waals surface area contributed by atoms with Crippen LogP contribution in [0.4, 0.5) is 10.1 Å². The van der Waals surface area contributed by atoms with Crippen LogP contribution in [0.2, 0.25) is 0 Å². The summed E-state index contributed by atoms with van der Waals surface area (Å²) in [5.74, 6) is -2.82. The zero-order valence-corrected chi connectivity index (χ0v) is 17.5. The van der Waals surface area contributed by atoms with Crippen molar-refractivity contribution < 1.29 is 19.1 Å². The third kappa shape index (κ3) is 3.62. The van der Waals surface area contributed by atoms with Gasteiger partial charge in [0, 0.05) is 21.3 Å². The molecule has 0 spiro atoms. The Kier molecular flexibility index (Phi) is 5.40. The number of hydrogen-bond acceptors (Lipinski definition) is 4. The number of hydrogen-bond donors (Lipinski definition) is 1. The molecule has 0 bridgehead atoms. The largest absolute Gasteiger partial charge is 0.507 e. The van der Waals surface area contributed by atoms with Crippen molar-refractivity contribution in [1.29, 1.82) is 5.26 Å². The van der Waals surface area contributed by atoms with E-state index in [0.29, 0.717) is 16.8 Å². The third-order valence-electron chi connectivity index (χ3n) is 5.04. The highest BCUT2D eigenvalue weighted by molar-refractivity contribution is 9.10. The normalized spacial score (nSPS) is 17.6. The van der Waals surface area contributed by atoms with Crippen molar-refractivity contribution >= 4 is 39.1 Å². The molecule has 1 amide bonds. The van der Waals surface area contributed by atoms with Gasteiger partial charge in [0.05, 0.1) is 23.2 Å². The molecule has 5 nitrogen and oxygen atoms in total. The summed E-state index contributed by atoms with van der Waals surface area (Å²) in [4.78, 5) is 27.1. The Hall–Kier alpha value is -3.76. The van der Waals surface area contributed by atoms with Crippen molar-refractivity contribution in [2.24, 2.45) is 0 Å². The number of nitrogens with zero attached hydrogens (tertiary/aromatic N) is 2. The van der Waals surface area contributed by atoms with E-state index in [2.05, 4.69) is 15.9 Å². The Morgan fingerprint density at radius 3 is 2.26 bits per heavy atom. The summed E-state index contributed by atoms with van der Waals surface area (Å²) in [5.41, 5.74) is 0.871. The molecule has 0 saturated carbocycles. The van der Waals surface area contributed by atoms with Gasteiger partial charge in [0.25, 0.3) is 11.7 Å². The van der Waals surface area contributed by atoms with Crippen molar-refractivity contribution in [2.75, 3.05) is 4.90 Å². The van der Waals surface area contributed by atoms with Crippen molar-refractivity contribution in [3.63, 3.8) is 0 Å². The number of nitriles is 1. The molecule has 1 saturated heterocycles. The summed E-state index contributed by atoms with van der Waals surface area (Å²) < 4.78 is 15.6. The minimum absolute atomic E-state index is 0.0738. The number of amides is 1. The van der Waals surface area contributed by atoms with Gasteiger partial charge < -0.3 is 5.11 Å². The SMILES string of the molecule is N#Cc1ccc(N2C(=O)C(=O)/C(=C(\O)c3ccc(Br)cc3)C2c2ccccc2F)cc1. The fourth-order valence-electron chi connectivity index (χ4n) is 3.55. The highest BCUT2D eigenvalue weighted by atomic mass is 79.9. The highest BCUT2D eigenvalue weighted by Gasteiger charge is 2.47. The fourth-order valence-corrected chi connectivity index (χ4v) is 3.81. The number of aliphatic hydroxyl groups excluding tert-OH is 1. The Balaban J connectivity index is 1.95. The van der Waals surface area contributed by atoms with Gasteiger partial charge in [-0.05, 0) is 42.5 Å². The average molecular weight is 477 g/mol. The summed E-state index contributed by atoms with van der Waals surface area (Å²) in [7, 11) is 0. The first kappa shape index (κ1) is 20.5. The summed E-state index contributed by atoms with van der Waals surface area (Å²) in [6.45, 7) is 0. The lowest BCUT2D eigenvalue weighted by atomic mass is 9.94. The van der Waals surface area contributed by atoms with Crippen LogP contribution in [0.3, 0.4) is 0 Å². The number of halogens is 2.